The van der Waals surface area contributed by atoms with Crippen molar-refractivity contribution in [3.05, 3.63) is 52.9 Å². The summed E-state index contributed by atoms with van der Waals surface area (Å²) < 4.78 is 0. The SMILES string of the molecule is C[C@]12CC=C3C=C4CCC(=O)C[C@]45CC[C@]3(C5)[C@@H]1CC[C@@H]2N1CCc2ccncc2C1. The summed E-state index contributed by atoms with van der Waals surface area (Å²) in [5, 5.41) is 0. The predicted octanol–water partition coefficient (Wildman–Crippen LogP) is 5.40. The molecule has 2 bridgehead atoms. The van der Waals surface area contributed by atoms with E-state index in [1.807, 2.05) is 6.20 Å². The van der Waals surface area contributed by atoms with Crippen LogP contribution < -0.4 is 0 Å². The van der Waals surface area contributed by atoms with Crippen molar-refractivity contribution in [2.45, 2.75) is 83.7 Å². The molecule has 1 aromatic rings. The van der Waals surface area contributed by atoms with E-state index in [0.717, 1.165) is 31.7 Å². The lowest BCUT2D eigenvalue weighted by molar-refractivity contribution is -0.122. The number of pyridine rings is 1. The molecule has 1 aromatic heterocycles. The summed E-state index contributed by atoms with van der Waals surface area (Å²) in [5.74, 6) is 1.29. The van der Waals surface area contributed by atoms with Crippen molar-refractivity contribution < 1.29 is 4.79 Å². The summed E-state index contributed by atoms with van der Waals surface area (Å²) in [5.41, 5.74) is 7.16. The van der Waals surface area contributed by atoms with E-state index < -0.39 is 0 Å². The van der Waals surface area contributed by atoms with Crippen LogP contribution in [-0.4, -0.2) is 28.3 Å². The van der Waals surface area contributed by atoms with Gasteiger partial charge in [0.2, 0.25) is 0 Å². The van der Waals surface area contributed by atoms with E-state index >= 15 is 0 Å². The van der Waals surface area contributed by atoms with Gasteiger partial charge in [-0.05, 0) is 96.3 Å². The number of carbonyl (C=O) groups is 1. The zero-order chi connectivity index (χ0) is 20.8. The van der Waals surface area contributed by atoms with Crippen LogP contribution in [0.4, 0.5) is 0 Å². The van der Waals surface area contributed by atoms with Crippen LogP contribution in [0.1, 0.15) is 75.8 Å². The Labute approximate surface area is 186 Å². The van der Waals surface area contributed by atoms with Crippen molar-refractivity contribution in [1.82, 2.24) is 9.88 Å². The molecule has 0 aromatic carbocycles. The van der Waals surface area contributed by atoms with Crippen LogP contribution in [0.25, 0.3) is 0 Å². The lowest BCUT2D eigenvalue weighted by Crippen LogP contribution is -2.52. The van der Waals surface area contributed by atoms with Gasteiger partial charge in [0.15, 0.2) is 0 Å². The van der Waals surface area contributed by atoms with E-state index in [1.165, 1.54) is 62.6 Å². The Bertz CT molecular complexity index is 1040. The van der Waals surface area contributed by atoms with Gasteiger partial charge in [-0.2, -0.15) is 0 Å². The maximum atomic E-state index is 12.5. The van der Waals surface area contributed by atoms with Crippen LogP contribution >= 0.6 is 0 Å². The van der Waals surface area contributed by atoms with Gasteiger partial charge in [0.05, 0.1) is 0 Å². The number of Topliss-reactive ketones (excluding diaryl/α,β-unsaturated/α-hetero) is 1. The molecule has 7 rings (SSSR count). The van der Waals surface area contributed by atoms with Crippen molar-refractivity contribution in [3.63, 3.8) is 0 Å². The highest BCUT2D eigenvalue weighted by molar-refractivity contribution is 5.82. The third kappa shape index (κ3) is 2.39. The van der Waals surface area contributed by atoms with Crippen LogP contribution in [0.3, 0.4) is 0 Å². The molecule has 1 aliphatic heterocycles. The van der Waals surface area contributed by atoms with Gasteiger partial charge in [0, 0.05) is 44.4 Å². The zero-order valence-corrected chi connectivity index (χ0v) is 18.8. The van der Waals surface area contributed by atoms with Gasteiger partial charge in [-0.1, -0.05) is 24.6 Å². The molecule has 0 saturated heterocycles. The van der Waals surface area contributed by atoms with Gasteiger partial charge in [-0.25, -0.2) is 0 Å². The monoisotopic (exact) mass is 414 g/mol. The van der Waals surface area contributed by atoms with E-state index in [9.17, 15) is 4.79 Å². The minimum Gasteiger partial charge on any atom is -0.300 e. The molecular formula is C28H34N2O. The second-order valence-electron chi connectivity index (χ2n) is 11.9. The predicted molar refractivity (Wildman–Crippen MR) is 121 cm³/mol. The molecule has 3 nitrogen and oxygen atoms in total. The van der Waals surface area contributed by atoms with E-state index in [0.29, 0.717) is 22.7 Å². The van der Waals surface area contributed by atoms with Crippen LogP contribution in [-0.2, 0) is 17.8 Å². The molecule has 3 saturated carbocycles. The summed E-state index contributed by atoms with van der Waals surface area (Å²) in [7, 11) is 0. The number of nitrogens with zero attached hydrogens (tertiary/aromatic N) is 2. The number of aromatic nitrogens is 1. The van der Waals surface area contributed by atoms with Crippen molar-refractivity contribution in [2.75, 3.05) is 6.54 Å². The highest BCUT2D eigenvalue weighted by Gasteiger charge is 2.65. The summed E-state index contributed by atoms with van der Waals surface area (Å²) in [4.78, 5) is 19.7. The molecule has 3 heteroatoms. The van der Waals surface area contributed by atoms with Crippen molar-refractivity contribution in [3.8, 4) is 0 Å². The number of fused-ring (bicyclic) bond motifs is 2. The molecule has 0 radical (unpaired) electrons. The van der Waals surface area contributed by atoms with Crippen LogP contribution in [0.15, 0.2) is 41.8 Å². The molecule has 5 atom stereocenters. The molecule has 31 heavy (non-hydrogen) atoms. The summed E-state index contributed by atoms with van der Waals surface area (Å²) in [6.07, 6.45) is 20.8. The molecule has 0 N–H and O–H groups in total. The smallest absolute Gasteiger partial charge is 0.134 e. The Morgan fingerprint density at radius 2 is 2.06 bits per heavy atom. The van der Waals surface area contributed by atoms with Gasteiger partial charge >= 0.3 is 0 Å². The van der Waals surface area contributed by atoms with Crippen molar-refractivity contribution in [1.29, 1.82) is 0 Å². The lowest BCUT2D eigenvalue weighted by atomic mass is 9.50. The lowest BCUT2D eigenvalue weighted by Gasteiger charge is -2.55. The Kier molecular flexibility index (Phi) is 3.75. The topological polar surface area (TPSA) is 33.2 Å². The average Bonchev–Trinajstić information content (AvgIpc) is 3.28. The third-order valence-electron chi connectivity index (χ3n) is 10.7. The van der Waals surface area contributed by atoms with Crippen molar-refractivity contribution in [2.24, 2.45) is 22.2 Å². The molecule has 2 spiro atoms. The Balaban J connectivity index is 1.24. The van der Waals surface area contributed by atoms with Crippen LogP contribution in [0.2, 0.25) is 0 Å². The van der Waals surface area contributed by atoms with E-state index in [-0.39, 0.29) is 5.41 Å². The Hall–Kier alpha value is -1.74. The van der Waals surface area contributed by atoms with E-state index in [2.05, 4.69) is 41.2 Å². The first-order chi connectivity index (χ1) is 15.0. The van der Waals surface area contributed by atoms with Crippen LogP contribution in [0.5, 0.6) is 0 Å². The number of hydrogen-bond donors (Lipinski definition) is 0. The zero-order valence-electron chi connectivity index (χ0n) is 18.8. The molecule has 5 aliphatic carbocycles. The van der Waals surface area contributed by atoms with Gasteiger partial charge in [0.25, 0.3) is 0 Å². The minimum absolute atomic E-state index is 0.221. The second-order valence-corrected chi connectivity index (χ2v) is 11.9. The molecule has 0 amide bonds. The highest BCUT2D eigenvalue weighted by atomic mass is 16.1. The number of ketones is 1. The number of rotatable bonds is 1. The van der Waals surface area contributed by atoms with E-state index in [4.69, 9.17) is 0 Å². The molecule has 0 unspecified atom stereocenters. The maximum absolute atomic E-state index is 12.5. The van der Waals surface area contributed by atoms with E-state index in [1.54, 1.807) is 11.1 Å². The fourth-order valence-electron chi connectivity index (χ4n) is 9.35. The third-order valence-corrected chi connectivity index (χ3v) is 10.7. The van der Waals surface area contributed by atoms with Gasteiger partial charge < -0.3 is 0 Å². The number of allylic oxidation sites excluding steroid dienone is 4. The van der Waals surface area contributed by atoms with Gasteiger partial charge in [0.1, 0.15) is 5.78 Å². The number of carbonyl (C=O) groups excluding carboxylic acids is 1. The fraction of sp³-hybridized carbons (Fsp3) is 0.643. The molecule has 3 fully saturated rings. The Morgan fingerprint density at radius 1 is 1.13 bits per heavy atom. The van der Waals surface area contributed by atoms with Crippen molar-refractivity contribution >= 4 is 5.78 Å². The first kappa shape index (κ1) is 18.8. The number of hydrogen-bond acceptors (Lipinski definition) is 3. The normalized spacial score (nSPS) is 43.5. The second kappa shape index (κ2) is 6.19. The fourth-order valence-corrected chi connectivity index (χ4v) is 9.35. The minimum atomic E-state index is 0.221. The largest absolute Gasteiger partial charge is 0.300 e. The quantitative estimate of drug-likeness (QED) is 0.616. The maximum Gasteiger partial charge on any atom is 0.134 e. The first-order valence-electron chi connectivity index (χ1n) is 12.6. The molecule has 162 valence electrons. The average molecular weight is 415 g/mol. The summed E-state index contributed by atoms with van der Waals surface area (Å²) in [6.45, 7) is 4.88. The Morgan fingerprint density at radius 3 is 3.00 bits per heavy atom. The summed E-state index contributed by atoms with van der Waals surface area (Å²) >= 11 is 0. The van der Waals surface area contributed by atoms with Gasteiger partial charge in [-0.3, -0.25) is 14.7 Å². The molecule has 2 heterocycles. The van der Waals surface area contributed by atoms with Gasteiger partial charge in [-0.15, -0.1) is 0 Å². The summed E-state index contributed by atoms with van der Waals surface area (Å²) in [6, 6.07) is 2.89. The first-order valence-corrected chi connectivity index (χ1v) is 12.6. The molecule has 6 aliphatic rings. The van der Waals surface area contributed by atoms with Crippen LogP contribution in [0, 0.1) is 22.2 Å². The molecular weight excluding hydrogens is 380 g/mol. The standard InChI is InChI=1S/C28H34N2O/c1-26-9-6-22-14-21-2-3-23(31)15-27(21)10-11-28(22,18-27)24(26)4-5-25(26)30-13-8-19-7-12-29-16-20(19)17-30/h6-7,12,14,16,24-25H,2-5,8-11,13,15,17-18H2,1H3/t24-,25+,26+,27+,28-/m1/s1. The highest BCUT2D eigenvalue weighted by Crippen LogP contribution is 2.73.